The Morgan fingerprint density at radius 1 is 1.18 bits per heavy atom. The fraction of sp³-hybridized carbons (Fsp3) is 0.389. The number of aliphatic hydroxyl groups is 1. The number of nitrogens with zero attached hydrogens (tertiary/aromatic N) is 2. The number of likely N-dealkylation sites (tertiary alicyclic amines) is 1. The first kappa shape index (κ1) is 15.0. The van der Waals surface area contributed by atoms with Gasteiger partial charge in [-0.3, -0.25) is 9.88 Å². The average Bonchev–Trinajstić information content (AvgIpc) is 2.88. The van der Waals surface area contributed by atoms with Gasteiger partial charge in [-0.05, 0) is 37.6 Å². The van der Waals surface area contributed by atoms with E-state index in [4.69, 9.17) is 4.74 Å². The molecule has 0 bridgehead atoms. The van der Waals surface area contributed by atoms with E-state index in [1.807, 2.05) is 55.5 Å². The summed E-state index contributed by atoms with van der Waals surface area (Å²) in [6, 6.07) is 15.7. The maximum absolute atomic E-state index is 10.7. The Bertz CT molecular complexity index is 617. The zero-order valence-electron chi connectivity index (χ0n) is 12.9. The third-order valence-corrected chi connectivity index (χ3v) is 3.99. The Morgan fingerprint density at radius 2 is 2.00 bits per heavy atom. The lowest BCUT2D eigenvalue weighted by molar-refractivity contribution is 0.00330. The monoisotopic (exact) mass is 298 g/mol. The van der Waals surface area contributed by atoms with Crippen LogP contribution >= 0.6 is 0 Å². The molecule has 1 aromatic heterocycles. The second kappa shape index (κ2) is 6.46. The van der Waals surface area contributed by atoms with Gasteiger partial charge in [0.25, 0.3) is 0 Å². The fourth-order valence-electron chi connectivity index (χ4n) is 2.84. The molecule has 2 aromatic rings. The molecule has 1 unspecified atom stereocenters. The maximum atomic E-state index is 10.7. The molecule has 0 spiro atoms. The van der Waals surface area contributed by atoms with Gasteiger partial charge in [0.15, 0.2) is 0 Å². The normalized spacial score (nSPS) is 21.9. The molecule has 116 valence electrons. The van der Waals surface area contributed by atoms with Gasteiger partial charge in [-0.2, -0.15) is 0 Å². The summed E-state index contributed by atoms with van der Waals surface area (Å²) in [5, 5.41) is 10.7. The van der Waals surface area contributed by atoms with Crippen LogP contribution in [0.3, 0.4) is 0 Å². The van der Waals surface area contributed by atoms with E-state index in [0.717, 1.165) is 36.6 Å². The molecule has 3 rings (SSSR count). The van der Waals surface area contributed by atoms with Gasteiger partial charge < -0.3 is 9.84 Å². The molecule has 0 aliphatic carbocycles. The summed E-state index contributed by atoms with van der Waals surface area (Å²) in [5.74, 6) is 0.801. The Morgan fingerprint density at radius 3 is 2.77 bits per heavy atom. The Labute approximate surface area is 131 Å². The molecule has 2 heterocycles. The molecule has 4 heteroatoms. The highest BCUT2D eigenvalue weighted by molar-refractivity contribution is 5.21. The number of hydrogen-bond acceptors (Lipinski definition) is 4. The van der Waals surface area contributed by atoms with E-state index < -0.39 is 5.60 Å². The van der Waals surface area contributed by atoms with Gasteiger partial charge in [0, 0.05) is 25.3 Å². The number of pyridine rings is 1. The molecule has 1 fully saturated rings. The molecule has 1 aromatic carbocycles. The van der Waals surface area contributed by atoms with Crippen LogP contribution in [0.2, 0.25) is 0 Å². The molecular formula is C18H22N2O2. The molecule has 1 aliphatic rings. The topological polar surface area (TPSA) is 45.6 Å². The Balaban J connectivity index is 1.54. The largest absolute Gasteiger partial charge is 0.491 e. The van der Waals surface area contributed by atoms with E-state index in [0.29, 0.717) is 13.2 Å². The highest BCUT2D eigenvalue weighted by Crippen LogP contribution is 2.24. The molecule has 1 atom stereocenters. The highest BCUT2D eigenvalue weighted by atomic mass is 16.5. The van der Waals surface area contributed by atoms with Crippen molar-refractivity contribution in [2.75, 3.05) is 19.7 Å². The van der Waals surface area contributed by atoms with Gasteiger partial charge in [-0.1, -0.05) is 24.3 Å². The number of aryl methyl sites for hydroxylation is 1. The van der Waals surface area contributed by atoms with Crippen LogP contribution in [0.1, 0.15) is 17.8 Å². The molecule has 0 amide bonds. The molecule has 1 saturated heterocycles. The van der Waals surface area contributed by atoms with Crippen LogP contribution in [0.4, 0.5) is 0 Å². The predicted octanol–water partition coefficient (Wildman–Crippen LogP) is 2.41. The molecule has 0 saturated carbocycles. The lowest BCUT2D eigenvalue weighted by atomic mass is 10.1. The first-order valence-corrected chi connectivity index (χ1v) is 7.68. The summed E-state index contributed by atoms with van der Waals surface area (Å²) in [6.45, 7) is 4.58. The quantitative estimate of drug-likeness (QED) is 0.921. The van der Waals surface area contributed by atoms with Gasteiger partial charge >= 0.3 is 0 Å². The fourth-order valence-corrected chi connectivity index (χ4v) is 2.84. The van der Waals surface area contributed by atoms with E-state index in [1.54, 1.807) is 0 Å². The van der Waals surface area contributed by atoms with Crippen LogP contribution in [-0.2, 0) is 6.54 Å². The number of hydrogen-bond donors (Lipinski definition) is 1. The molecular weight excluding hydrogens is 276 g/mol. The van der Waals surface area contributed by atoms with Crippen molar-refractivity contribution in [1.29, 1.82) is 0 Å². The number of aromatic nitrogens is 1. The van der Waals surface area contributed by atoms with E-state index >= 15 is 0 Å². The minimum Gasteiger partial charge on any atom is -0.491 e. The van der Waals surface area contributed by atoms with Gasteiger partial charge in [0.1, 0.15) is 18.0 Å². The van der Waals surface area contributed by atoms with Crippen molar-refractivity contribution in [3.05, 3.63) is 59.9 Å². The number of para-hydroxylation sites is 1. The van der Waals surface area contributed by atoms with Crippen molar-refractivity contribution in [2.24, 2.45) is 0 Å². The van der Waals surface area contributed by atoms with Crippen molar-refractivity contribution in [2.45, 2.75) is 25.5 Å². The molecule has 22 heavy (non-hydrogen) atoms. The van der Waals surface area contributed by atoms with Crippen molar-refractivity contribution in [3.63, 3.8) is 0 Å². The summed E-state index contributed by atoms with van der Waals surface area (Å²) in [5.41, 5.74) is 1.30. The third kappa shape index (κ3) is 3.84. The summed E-state index contributed by atoms with van der Waals surface area (Å²) < 4.78 is 5.72. The SMILES string of the molecule is Cc1cccc(CN2CCC(O)(COc3ccccc3)C2)n1. The summed E-state index contributed by atoms with van der Waals surface area (Å²) >= 11 is 0. The van der Waals surface area contributed by atoms with Gasteiger partial charge in [-0.25, -0.2) is 0 Å². The Hall–Kier alpha value is -1.91. The molecule has 4 nitrogen and oxygen atoms in total. The second-order valence-electron chi connectivity index (χ2n) is 6.06. The first-order chi connectivity index (χ1) is 10.6. The van der Waals surface area contributed by atoms with Crippen molar-refractivity contribution in [1.82, 2.24) is 9.88 Å². The maximum Gasteiger partial charge on any atom is 0.119 e. The van der Waals surface area contributed by atoms with Gasteiger partial charge in [0.05, 0.1) is 5.69 Å². The lowest BCUT2D eigenvalue weighted by Gasteiger charge is -2.23. The first-order valence-electron chi connectivity index (χ1n) is 7.68. The van der Waals surface area contributed by atoms with Crippen LogP contribution in [0.15, 0.2) is 48.5 Å². The van der Waals surface area contributed by atoms with E-state index in [2.05, 4.69) is 9.88 Å². The van der Waals surface area contributed by atoms with Crippen LogP contribution in [0, 0.1) is 6.92 Å². The van der Waals surface area contributed by atoms with E-state index in [-0.39, 0.29) is 0 Å². The van der Waals surface area contributed by atoms with Crippen molar-refractivity contribution in [3.8, 4) is 5.75 Å². The minimum absolute atomic E-state index is 0.328. The van der Waals surface area contributed by atoms with Crippen LogP contribution < -0.4 is 4.74 Å². The number of benzene rings is 1. The van der Waals surface area contributed by atoms with E-state index in [9.17, 15) is 5.11 Å². The van der Waals surface area contributed by atoms with Crippen molar-refractivity contribution >= 4 is 0 Å². The zero-order chi connectivity index (χ0) is 15.4. The smallest absolute Gasteiger partial charge is 0.119 e. The average molecular weight is 298 g/mol. The predicted molar refractivity (Wildman–Crippen MR) is 85.8 cm³/mol. The van der Waals surface area contributed by atoms with Gasteiger partial charge in [0.2, 0.25) is 0 Å². The van der Waals surface area contributed by atoms with Crippen LogP contribution in [0.25, 0.3) is 0 Å². The van der Waals surface area contributed by atoms with Gasteiger partial charge in [-0.15, -0.1) is 0 Å². The zero-order valence-corrected chi connectivity index (χ0v) is 12.9. The summed E-state index contributed by atoms with van der Waals surface area (Å²) in [4.78, 5) is 6.76. The standard InChI is InChI=1S/C18H22N2O2/c1-15-6-5-7-16(19-15)12-20-11-10-18(21,13-20)14-22-17-8-3-2-4-9-17/h2-9,21H,10-14H2,1H3. The van der Waals surface area contributed by atoms with Crippen LogP contribution in [-0.4, -0.2) is 40.3 Å². The van der Waals surface area contributed by atoms with Crippen molar-refractivity contribution < 1.29 is 9.84 Å². The molecule has 1 aliphatic heterocycles. The Kier molecular flexibility index (Phi) is 4.41. The summed E-state index contributed by atoms with van der Waals surface area (Å²) in [7, 11) is 0. The van der Waals surface area contributed by atoms with Crippen LogP contribution in [0.5, 0.6) is 5.75 Å². The summed E-state index contributed by atoms with van der Waals surface area (Å²) in [6.07, 6.45) is 0.728. The van der Waals surface area contributed by atoms with E-state index in [1.165, 1.54) is 0 Å². The molecule has 0 radical (unpaired) electrons. The lowest BCUT2D eigenvalue weighted by Crippen LogP contribution is -2.39. The second-order valence-corrected chi connectivity index (χ2v) is 6.06. The number of rotatable bonds is 5. The number of ether oxygens (including phenoxy) is 1. The third-order valence-electron chi connectivity index (χ3n) is 3.99. The highest BCUT2D eigenvalue weighted by Gasteiger charge is 2.36. The minimum atomic E-state index is -0.778. The molecule has 1 N–H and O–H groups in total. The number of β-amino-alcohol motifs (C(OH)–C–C–N with tert-alkyl or cyclic N) is 1.